The van der Waals surface area contributed by atoms with Gasteiger partial charge in [0.2, 0.25) is 0 Å². The van der Waals surface area contributed by atoms with Crippen LogP contribution in [0, 0.1) is 6.92 Å². The van der Waals surface area contributed by atoms with E-state index in [4.69, 9.17) is 4.74 Å². The Morgan fingerprint density at radius 1 is 0.962 bits per heavy atom. The van der Waals surface area contributed by atoms with Gasteiger partial charge in [0.15, 0.2) is 0 Å². The number of hydrogen-bond acceptors (Lipinski definition) is 3. The number of fused-ring (bicyclic) bond motifs is 2. The Bertz CT molecular complexity index is 1000. The van der Waals surface area contributed by atoms with E-state index >= 15 is 0 Å². The predicted molar refractivity (Wildman–Crippen MR) is 102 cm³/mol. The lowest BCUT2D eigenvalue weighted by Gasteiger charge is -2.17. The molecule has 0 radical (unpaired) electrons. The van der Waals surface area contributed by atoms with Crippen molar-refractivity contribution in [2.24, 2.45) is 0 Å². The van der Waals surface area contributed by atoms with Crippen molar-refractivity contribution in [1.82, 2.24) is 0 Å². The summed E-state index contributed by atoms with van der Waals surface area (Å²) in [6.07, 6.45) is 0.648. The number of ether oxygens (including phenoxy) is 1. The number of ketones is 1. The first-order valence-corrected chi connectivity index (χ1v) is 8.72. The fourth-order valence-electron chi connectivity index (χ4n) is 3.36. The minimum Gasteiger partial charge on any atom is -0.493 e. The van der Waals surface area contributed by atoms with Gasteiger partial charge in [-0.1, -0.05) is 48.0 Å². The van der Waals surface area contributed by atoms with Crippen LogP contribution < -0.4 is 9.64 Å². The normalized spacial score (nSPS) is 13.3. The van der Waals surface area contributed by atoms with E-state index in [0.717, 1.165) is 22.1 Å². The van der Waals surface area contributed by atoms with Gasteiger partial charge in [-0.05, 0) is 36.9 Å². The van der Waals surface area contributed by atoms with Gasteiger partial charge in [0.25, 0.3) is 11.7 Å². The Hall–Kier alpha value is -3.14. The van der Waals surface area contributed by atoms with Crippen molar-refractivity contribution < 1.29 is 14.3 Å². The molecule has 4 nitrogen and oxygen atoms in total. The highest BCUT2D eigenvalue weighted by molar-refractivity contribution is 6.52. The summed E-state index contributed by atoms with van der Waals surface area (Å²) in [6.45, 7) is 2.86. The van der Waals surface area contributed by atoms with Crippen LogP contribution in [0.5, 0.6) is 5.75 Å². The second-order valence-electron chi connectivity index (χ2n) is 6.49. The lowest BCUT2D eigenvalue weighted by Crippen LogP contribution is -2.31. The molecular formula is C22H19NO3. The minimum absolute atomic E-state index is 0.418. The summed E-state index contributed by atoms with van der Waals surface area (Å²) in [6, 6.07) is 19.6. The molecule has 3 aromatic carbocycles. The van der Waals surface area contributed by atoms with E-state index in [9.17, 15) is 9.59 Å². The van der Waals surface area contributed by atoms with Crippen molar-refractivity contribution in [1.29, 1.82) is 0 Å². The quantitative estimate of drug-likeness (QED) is 0.516. The molecule has 26 heavy (non-hydrogen) atoms. The molecule has 0 spiro atoms. The first kappa shape index (κ1) is 16.3. The maximum absolute atomic E-state index is 12.2. The third-order valence-corrected chi connectivity index (χ3v) is 4.66. The molecule has 1 aliphatic rings. The van der Waals surface area contributed by atoms with E-state index in [1.54, 1.807) is 11.0 Å². The average Bonchev–Trinajstić information content (AvgIpc) is 2.89. The summed E-state index contributed by atoms with van der Waals surface area (Å²) in [5.74, 6) is -0.0302. The minimum atomic E-state index is -0.448. The van der Waals surface area contributed by atoms with E-state index in [1.807, 2.05) is 49.4 Å². The molecule has 130 valence electrons. The van der Waals surface area contributed by atoms with Gasteiger partial charge >= 0.3 is 0 Å². The summed E-state index contributed by atoms with van der Waals surface area (Å²) < 4.78 is 5.93. The monoisotopic (exact) mass is 345 g/mol. The SMILES string of the molecule is Cc1ccc2c(c1)C(=O)C(=O)N2CCCOc1cccc2ccccc12. The van der Waals surface area contributed by atoms with Crippen molar-refractivity contribution in [3.8, 4) is 5.75 Å². The van der Waals surface area contributed by atoms with Crippen LogP contribution in [0.15, 0.2) is 60.7 Å². The number of nitrogens with zero attached hydrogens (tertiary/aromatic N) is 1. The van der Waals surface area contributed by atoms with Gasteiger partial charge in [-0.3, -0.25) is 9.59 Å². The van der Waals surface area contributed by atoms with Gasteiger partial charge in [-0.2, -0.15) is 0 Å². The smallest absolute Gasteiger partial charge is 0.299 e. The molecule has 0 aromatic heterocycles. The van der Waals surface area contributed by atoms with Gasteiger partial charge in [0, 0.05) is 11.9 Å². The highest BCUT2D eigenvalue weighted by Gasteiger charge is 2.35. The number of hydrogen-bond donors (Lipinski definition) is 0. The van der Waals surface area contributed by atoms with Crippen molar-refractivity contribution >= 4 is 28.2 Å². The number of Topliss-reactive ketones (excluding diaryl/α,β-unsaturated/α-hetero) is 1. The second kappa shape index (κ2) is 6.64. The van der Waals surface area contributed by atoms with Crippen molar-refractivity contribution in [2.45, 2.75) is 13.3 Å². The summed E-state index contributed by atoms with van der Waals surface area (Å²) in [5.41, 5.74) is 2.19. The fraction of sp³-hybridized carbons (Fsp3) is 0.182. The Labute approximate surface area is 152 Å². The number of carbonyl (C=O) groups excluding carboxylic acids is 2. The van der Waals surface area contributed by atoms with E-state index in [1.165, 1.54) is 0 Å². The molecule has 4 heteroatoms. The molecule has 1 aliphatic heterocycles. The molecule has 0 saturated heterocycles. The summed E-state index contributed by atoms with van der Waals surface area (Å²) in [4.78, 5) is 25.9. The van der Waals surface area contributed by atoms with Gasteiger partial charge in [0.1, 0.15) is 5.75 Å². The van der Waals surface area contributed by atoms with Crippen LogP contribution in [0.3, 0.4) is 0 Å². The molecule has 3 aromatic rings. The van der Waals surface area contributed by atoms with Crippen LogP contribution in [0.2, 0.25) is 0 Å². The van der Waals surface area contributed by atoms with Gasteiger partial charge in [-0.15, -0.1) is 0 Å². The van der Waals surface area contributed by atoms with Crippen LogP contribution in [-0.2, 0) is 4.79 Å². The van der Waals surface area contributed by atoms with E-state index in [-0.39, 0.29) is 0 Å². The molecule has 1 heterocycles. The van der Waals surface area contributed by atoms with Crippen LogP contribution in [0.25, 0.3) is 10.8 Å². The zero-order valence-electron chi connectivity index (χ0n) is 14.6. The van der Waals surface area contributed by atoms with Gasteiger partial charge in [-0.25, -0.2) is 0 Å². The predicted octanol–water partition coefficient (Wildman–Crippen LogP) is 4.15. The zero-order chi connectivity index (χ0) is 18.1. The number of anilines is 1. The maximum Gasteiger partial charge on any atom is 0.299 e. The number of aryl methyl sites for hydroxylation is 1. The van der Waals surface area contributed by atoms with E-state index in [2.05, 4.69) is 12.1 Å². The van der Waals surface area contributed by atoms with E-state index < -0.39 is 11.7 Å². The van der Waals surface area contributed by atoms with Crippen LogP contribution in [0.1, 0.15) is 22.3 Å². The Balaban J connectivity index is 1.43. The molecule has 1 amide bonds. The Kier molecular flexibility index (Phi) is 4.17. The molecule has 0 unspecified atom stereocenters. The largest absolute Gasteiger partial charge is 0.493 e. The number of amides is 1. The molecule has 0 bridgehead atoms. The molecular weight excluding hydrogens is 326 g/mol. The molecule has 0 saturated carbocycles. The Morgan fingerprint density at radius 2 is 1.77 bits per heavy atom. The first-order valence-electron chi connectivity index (χ1n) is 8.72. The van der Waals surface area contributed by atoms with Gasteiger partial charge < -0.3 is 9.64 Å². The number of carbonyl (C=O) groups is 2. The van der Waals surface area contributed by atoms with Crippen molar-refractivity contribution in [2.75, 3.05) is 18.1 Å². The van der Waals surface area contributed by atoms with Crippen molar-refractivity contribution in [3.05, 3.63) is 71.8 Å². The molecule has 0 N–H and O–H groups in total. The molecule has 0 fully saturated rings. The summed E-state index contributed by atoms with van der Waals surface area (Å²) in [7, 11) is 0. The summed E-state index contributed by atoms with van der Waals surface area (Å²) >= 11 is 0. The van der Waals surface area contributed by atoms with Crippen LogP contribution >= 0.6 is 0 Å². The number of benzene rings is 3. The molecule has 0 atom stereocenters. The fourth-order valence-corrected chi connectivity index (χ4v) is 3.36. The molecule has 4 rings (SSSR count). The lowest BCUT2D eigenvalue weighted by atomic mass is 10.1. The van der Waals surface area contributed by atoms with Crippen LogP contribution in [0.4, 0.5) is 5.69 Å². The zero-order valence-corrected chi connectivity index (χ0v) is 14.6. The third-order valence-electron chi connectivity index (χ3n) is 4.66. The molecule has 0 aliphatic carbocycles. The standard InChI is InChI=1S/C22H19NO3/c1-15-10-11-19-18(14-15)21(24)22(25)23(19)12-5-13-26-20-9-4-7-16-6-2-3-8-17(16)20/h2-4,6-11,14H,5,12-13H2,1H3. The first-order chi connectivity index (χ1) is 12.6. The second-order valence-corrected chi connectivity index (χ2v) is 6.49. The van der Waals surface area contributed by atoms with Crippen molar-refractivity contribution in [3.63, 3.8) is 0 Å². The average molecular weight is 345 g/mol. The number of rotatable bonds is 5. The topological polar surface area (TPSA) is 46.6 Å². The third kappa shape index (κ3) is 2.84. The maximum atomic E-state index is 12.2. The van der Waals surface area contributed by atoms with Crippen LogP contribution in [-0.4, -0.2) is 24.8 Å². The van der Waals surface area contributed by atoms with E-state index in [0.29, 0.717) is 30.8 Å². The lowest BCUT2D eigenvalue weighted by molar-refractivity contribution is -0.114. The summed E-state index contributed by atoms with van der Waals surface area (Å²) in [5, 5.41) is 2.21. The Morgan fingerprint density at radius 3 is 2.65 bits per heavy atom. The highest BCUT2D eigenvalue weighted by atomic mass is 16.5. The van der Waals surface area contributed by atoms with Gasteiger partial charge in [0.05, 0.1) is 17.9 Å². The highest BCUT2D eigenvalue weighted by Crippen LogP contribution is 2.30.